The number of methoxy groups -OCH3 is 1. The predicted molar refractivity (Wildman–Crippen MR) is 66.3 cm³/mol. The summed E-state index contributed by atoms with van der Waals surface area (Å²) >= 11 is 0. The highest BCUT2D eigenvalue weighted by Crippen LogP contribution is 2.38. The van der Waals surface area contributed by atoms with Crippen molar-refractivity contribution in [3.63, 3.8) is 0 Å². The molecule has 0 amide bonds. The maximum atomic E-state index is 6.29. The summed E-state index contributed by atoms with van der Waals surface area (Å²) < 4.78 is 5.54. The quantitative estimate of drug-likeness (QED) is 0.826. The zero-order valence-electron chi connectivity index (χ0n) is 10.1. The standard InChI is InChI=1S/C14H21NO/c1-3-10-5-4-6-12(9-10)13(15)14(16-2)11-7-8-11/h4-6,9,11,13-14H,3,7-8,15H2,1-2H3. The summed E-state index contributed by atoms with van der Waals surface area (Å²) in [5.41, 5.74) is 8.84. The van der Waals surface area contributed by atoms with Gasteiger partial charge in [0, 0.05) is 7.11 Å². The molecule has 2 nitrogen and oxygen atoms in total. The van der Waals surface area contributed by atoms with Crippen LogP contribution in [0.25, 0.3) is 0 Å². The van der Waals surface area contributed by atoms with Gasteiger partial charge in [0.25, 0.3) is 0 Å². The lowest BCUT2D eigenvalue weighted by atomic mass is 9.97. The van der Waals surface area contributed by atoms with Crippen LogP contribution in [-0.2, 0) is 11.2 Å². The molecule has 16 heavy (non-hydrogen) atoms. The fraction of sp³-hybridized carbons (Fsp3) is 0.571. The molecule has 2 atom stereocenters. The van der Waals surface area contributed by atoms with Crippen molar-refractivity contribution in [1.29, 1.82) is 0 Å². The number of benzene rings is 1. The van der Waals surface area contributed by atoms with Crippen molar-refractivity contribution in [2.45, 2.75) is 38.3 Å². The van der Waals surface area contributed by atoms with E-state index in [2.05, 4.69) is 31.2 Å². The lowest BCUT2D eigenvalue weighted by molar-refractivity contribution is 0.0624. The zero-order chi connectivity index (χ0) is 11.5. The van der Waals surface area contributed by atoms with Crippen LogP contribution in [0.4, 0.5) is 0 Å². The number of nitrogens with two attached hydrogens (primary N) is 1. The maximum absolute atomic E-state index is 6.29. The Morgan fingerprint density at radius 2 is 2.19 bits per heavy atom. The van der Waals surface area contributed by atoms with Crippen LogP contribution in [-0.4, -0.2) is 13.2 Å². The monoisotopic (exact) mass is 219 g/mol. The van der Waals surface area contributed by atoms with Gasteiger partial charge in [-0.25, -0.2) is 0 Å². The molecule has 0 saturated heterocycles. The topological polar surface area (TPSA) is 35.2 Å². The van der Waals surface area contributed by atoms with Crippen LogP contribution in [0.3, 0.4) is 0 Å². The minimum atomic E-state index is 0.0176. The maximum Gasteiger partial charge on any atom is 0.0791 e. The summed E-state index contributed by atoms with van der Waals surface area (Å²) in [6, 6.07) is 8.57. The summed E-state index contributed by atoms with van der Waals surface area (Å²) in [7, 11) is 1.77. The third-order valence-corrected chi connectivity index (χ3v) is 3.46. The minimum absolute atomic E-state index is 0.0176. The molecule has 1 aromatic rings. The van der Waals surface area contributed by atoms with Gasteiger partial charge in [0.05, 0.1) is 12.1 Å². The van der Waals surface area contributed by atoms with Crippen LogP contribution in [0.2, 0.25) is 0 Å². The van der Waals surface area contributed by atoms with Crippen LogP contribution >= 0.6 is 0 Å². The fourth-order valence-electron chi connectivity index (χ4n) is 2.27. The molecule has 0 heterocycles. The second-order valence-corrected chi connectivity index (χ2v) is 4.66. The Morgan fingerprint density at radius 1 is 1.44 bits per heavy atom. The Bertz CT molecular complexity index is 346. The largest absolute Gasteiger partial charge is 0.379 e. The molecule has 0 aliphatic heterocycles. The molecular formula is C14H21NO. The van der Waals surface area contributed by atoms with Gasteiger partial charge < -0.3 is 10.5 Å². The van der Waals surface area contributed by atoms with Crippen LogP contribution in [0.1, 0.15) is 36.9 Å². The average Bonchev–Trinajstić information content (AvgIpc) is 3.14. The van der Waals surface area contributed by atoms with Gasteiger partial charge in [-0.15, -0.1) is 0 Å². The van der Waals surface area contributed by atoms with E-state index in [0.29, 0.717) is 5.92 Å². The molecule has 0 bridgehead atoms. The predicted octanol–water partition coefficient (Wildman–Crippen LogP) is 2.67. The smallest absolute Gasteiger partial charge is 0.0791 e. The number of hydrogen-bond acceptors (Lipinski definition) is 2. The summed E-state index contributed by atoms with van der Waals surface area (Å²) in [6.07, 6.45) is 3.77. The Balaban J connectivity index is 2.14. The van der Waals surface area contributed by atoms with Gasteiger partial charge >= 0.3 is 0 Å². The molecule has 1 saturated carbocycles. The summed E-state index contributed by atoms with van der Waals surface area (Å²) in [5, 5.41) is 0. The van der Waals surface area contributed by atoms with E-state index in [1.165, 1.54) is 24.0 Å². The van der Waals surface area contributed by atoms with Crippen LogP contribution in [0, 0.1) is 5.92 Å². The van der Waals surface area contributed by atoms with Crippen molar-refractivity contribution in [3.8, 4) is 0 Å². The molecule has 88 valence electrons. The molecule has 1 aliphatic rings. The molecule has 0 radical (unpaired) electrons. The average molecular weight is 219 g/mol. The summed E-state index contributed by atoms with van der Waals surface area (Å²) in [6.45, 7) is 2.17. The molecular weight excluding hydrogens is 198 g/mol. The molecule has 0 spiro atoms. The number of aryl methyl sites for hydroxylation is 1. The van der Waals surface area contributed by atoms with E-state index in [0.717, 1.165) is 6.42 Å². The molecule has 1 aliphatic carbocycles. The second-order valence-electron chi connectivity index (χ2n) is 4.66. The van der Waals surface area contributed by atoms with Crippen molar-refractivity contribution in [2.75, 3.05) is 7.11 Å². The highest BCUT2D eigenvalue weighted by atomic mass is 16.5. The zero-order valence-corrected chi connectivity index (χ0v) is 10.1. The highest BCUT2D eigenvalue weighted by molar-refractivity contribution is 5.27. The van der Waals surface area contributed by atoms with Gasteiger partial charge in [-0.3, -0.25) is 0 Å². The molecule has 0 aromatic heterocycles. The normalized spacial score (nSPS) is 19.4. The molecule has 2 unspecified atom stereocenters. The molecule has 2 heteroatoms. The van der Waals surface area contributed by atoms with E-state index in [1.807, 2.05) is 0 Å². The number of rotatable bonds is 5. The van der Waals surface area contributed by atoms with Gasteiger partial charge in [-0.05, 0) is 36.3 Å². The van der Waals surface area contributed by atoms with E-state index < -0.39 is 0 Å². The highest BCUT2D eigenvalue weighted by Gasteiger charge is 2.35. The van der Waals surface area contributed by atoms with Gasteiger partial charge in [0.2, 0.25) is 0 Å². The Hall–Kier alpha value is -0.860. The lowest BCUT2D eigenvalue weighted by Gasteiger charge is -2.23. The fourth-order valence-corrected chi connectivity index (χ4v) is 2.27. The minimum Gasteiger partial charge on any atom is -0.379 e. The van der Waals surface area contributed by atoms with Gasteiger partial charge in [0.1, 0.15) is 0 Å². The molecule has 1 fully saturated rings. The Morgan fingerprint density at radius 3 is 2.75 bits per heavy atom. The van der Waals surface area contributed by atoms with E-state index in [1.54, 1.807) is 7.11 Å². The van der Waals surface area contributed by atoms with E-state index in [9.17, 15) is 0 Å². The Kier molecular flexibility index (Phi) is 3.62. The first-order chi connectivity index (χ1) is 7.76. The third-order valence-electron chi connectivity index (χ3n) is 3.46. The van der Waals surface area contributed by atoms with Crippen molar-refractivity contribution in [3.05, 3.63) is 35.4 Å². The first kappa shape index (κ1) is 11.6. The van der Waals surface area contributed by atoms with Gasteiger partial charge in [0.15, 0.2) is 0 Å². The van der Waals surface area contributed by atoms with E-state index in [4.69, 9.17) is 10.5 Å². The van der Waals surface area contributed by atoms with Crippen molar-refractivity contribution in [1.82, 2.24) is 0 Å². The van der Waals surface area contributed by atoms with Crippen LogP contribution < -0.4 is 5.73 Å². The first-order valence-corrected chi connectivity index (χ1v) is 6.13. The van der Waals surface area contributed by atoms with Crippen LogP contribution in [0.5, 0.6) is 0 Å². The van der Waals surface area contributed by atoms with E-state index >= 15 is 0 Å². The number of hydrogen-bond donors (Lipinski definition) is 1. The van der Waals surface area contributed by atoms with Gasteiger partial charge in [-0.2, -0.15) is 0 Å². The first-order valence-electron chi connectivity index (χ1n) is 6.13. The summed E-state index contributed by atoms with van der Waals surface area (Å²) in [4.78, 5) is 0. The Labute approximate surface area is 97.8 Å². The van der Waals surface area contributed by atoms with E-state index in [-0.39, 0.29) is 12.1 Å². The summed E-state index contributed by atoms with van der Waals surface area (Å²) in [5.74, 6) is 0.672. The van der Waals surface area contributed by atoms with Crippen LogP contribution in [0.15, 0.2) is 24.3 Å². The van der Waals surface area contributed by atoms with Crippen molar-refractivity contribution < 1.29 is 4.74 Å². The molecule has 2 rings (SSSR count). The third kappa shape index (κ3) is 2.45. The van der Waals surface area contributed by atoms with Gasteiger partial charge in [-0.1, -0.05) is 31.2 Å². The lowest BCUT2D eigenvalue weighted by Crippen LogP contribution is -2.29. The second kappa shape index (κ2) is 4.98. The SMILES string of the molecule is CCc1cccc(C(N)C(OC)C2CC2)c1. The molecule has 2 N–H and O–H groups in total. The molecule has 1 aromatic carbocycles. The number of ether oxygens (including phenoxy) is 1. The van der Waals surface area contributed by atoms with Crippen molar-refractivity contribution >= 4 is 0 Å². The van der Waals surface area contributed by atoms with Crippen molar-refractivity contribution in [2.24, 2.45) is 11.7 Å².